The maximum Gasteiger partial charge on any atom is 0.246 e. The van der Waals surface area contributed by atoms with Crippen LogP contribution >= 0.6 is 11.3 Å². The Labute approximate surface area is 180 Å². The molecule has 0 aliphatic carbocycles. The highest BCUT2D eigenvalue weighted by Gasteiger charge is 2.33. The first-order valence-corrected chi connectivity index (χ1v) is 12.1. The summed E-state index contributed by atoms with van der Waals surface area (Å²) in [5.41, 5.74) is 1.45. The van der Waals surface area contributed by atoms with Gasteiger partial charge in [0.2, 0.25) is 27.6 Å². The number of anilines is 1. The molecule has 1 aromatic carbocycles. The second-order valence-corrected chi connectivity index (χ2v) is 9.81. The molecule has 1 atom stereocenters. The lowest BCUT2D eigenvalue weighted by Gasteiger charge is -2.32. The summed E-state index contributed by atoms with van der Waals surface area (Å²) in [6.07, 6.45) is 1.42. The molecule has 2 heterocycles. The molecule has 0 saturated heterocycles. The highest BCUT2D eigenvalue weighted by atomic mass is 32.2. The summed E-state index contributed by atoms with van der Waals surface area (Å²) in [4.78, 5) is 19.8. The Hall–Kier alpha value is -2.72. The van der Waals surface area contributed by atoms with Crippen LogP contribution in [0.1, 0.15) is 24.8 Å². The molecular formula is C20H24N4O4S2. The van der Waals surface area contributed by atoms with Crippen LogP contribution in [0.4, 0.5) is 5.69 Å². The van der Waals surface area contributed by atoms with Gasteiger partial charge < -0.3 is 9.42 Å². The summed E-state index contributed by atoms with van der Waals surface area (Å²) in [6.45, 7) is 3.78. The van der Waals surface area contributed by atoms with Gasteiger partial charge >= 0.3 is 0 Å². The van der Waals surface area contributed by atoms with Crippen molar-refractivity contribution >= 4 is 33.0 Å². The van der Waals surface area contributed by atoms with E-state index in [1.807, 2.05) is 36.6 Å². The monoisotopic (exact) mass is 448 g/mol. The van der Waals surface area contributed by atoms with Crippen molar-refractivity contribution < 1.29 is 17.7 Å². The Morgan fingerprint density at radius 3 is 2.50 bits per heavy atom. The number of likely N-dealkylation sites (N-methyl/N-ethyl adjacent to an activating group) is 1. The summed E-state index contributed by atoms with van der Waals surface area (Å²) in [5.74, 6) is 0.398. The number of carbonyl (C=O) groups excluding carboxylic acids is 1. The molecule has 0 saturated carbocycles. The van der Waals surface area contributed by atoms with Crippen molar-refractivity contribution in [3.05, 3.63) is 53.2 Å². The van der Waals surface area contributed by atoms with Crippen molar-refractivity contribution in [3.8, 4) is 10.7 Å². The molecule has 3 aromatic rings. The number of rotatable bonds is 8. The maximum absolute atomic E-state index is 13.2. The van der Waals surface area contributed by atoms with Gasteiger partial charge in [0.15, 0.2) is 0 Å². The first kappa shape index (κ1) is 22.0. The average molecular weight is 449 g/mol. The van der Waals surface area contributed by atoms with Gasteiger partial charge in [-0.3, -0.25) is 9.10 Å². The number of thiophene rings is 1. The molecule has 0 aliphatic heterocycles. The smallest absolute Gasteiger partial charge is 0.246 e. The van der Waals surface area contributed by atoms with Gasteiger partial charge in [0, 0.05) is 7.05 Å². The van der Waals surface area contributed by atoms with E-state index in [4.69, 9.17) is 4.52 Å². The molecule has 0 aliphatic rings. The van der Waals surface area contributed by atoms with Gasteiger partial charge in [-0.1, -0.05) is 35.8 Å². The minimum absolute atomic E-state index is 0.0825. The molecule has 3 rings (SSSR count). The lowest BCUT2D eigenvalue weighted by Crippen LogP contribution is -2.49. The molecule has 0 spiro atoms. The number of nitrogens with zero attached hydrogens (tertiary/aromatic N) is 4. The minimum atomic E-state index is -3.68. The van der Waals surface area contributed by atoms with Gasteiger partial charge in [0.25, 0.3) is 0 Å². The quantitative estimate of drug-likeness (QED) is 0.524. The largest absolute Gasteiger partial charge is 0.337 e. The third kappa shape index (κ3) is 4.88. The van der Waals surface area contributed by atoms with E-state index in [-0.39, 0.29) is 18.3 Å². The van der Waals surface area contributed by atoms with Crippen LogP contribution in [0.2, 0.25) is 0 Å². The van der Waals surface area contributed by atoms with Gasteiger partial charge in [0.05, 0.1) is 23.4 Å². The molecule has 10 heteroatoms. The predicted molar refractivity (Wildman–Crippen MR) is 117 cm³/mol. The van der Waals surface area contributed by atoms with Crippen molar-refractivity contribution in [2.24, 2.45) is 0 Å². The Balaban J connectivity index is 1.81. The molecule has 0 N–H and O–H groups in total. The molecule has 2 aromatic heterocycles. The first-order valence-electron chi connectivity index (χ1n) is 9.38. The Bertz CT molecular complexity index is 1090. The Morgan fingerprint density at radius 2 is 1.93 bits per heavy atom. The van der Waals surface area contributed by atoms with E-state index in [1.54, 1.807) is 26.1 Å². The summed E-state index contributed by atoms with van der Waals surface area (Å²) in [6, 6.07) is 9.94. The zero-order valence-corrected chi connectivity index (χ0v) is 18.9. The van der Waals surface area contributed by atoms with E-state index in [0.717, 1.165) is 16.7 Å². The Kier molecular flexibility index (Phi) is 6.57. The van der Waals surface area contributed by atoms with Crippen molar-refractivity contribution in [2.45, 2.75) is 32.9 Å². The highest BCUT2D eigenvalue weighted by Crippen LogP contribution is 2.25. The number of carbonyl (C=O) groups is 1. The normalized spacial score (nSPS) is 12.5. The summed E-state index contributed by atoms with van der Waals surface area (Å²) < 4.78 is 31.6. The highest BCUT2D eigenvalue weighted by molar-refractivity contribution is 7.92. The van der Waals surface area contributed by atoms with E-state index in [2.05, 4.69) is 10.1 Å². The first-order chi connectivity index (χ1) is 14.2. The number of aryl methyl sites for hydroxylation is 1. The number of benzene rings is 1. The standard InChI is InChI=1S/C20H24N4O4S2/c1-5-16(24(30(4,26)27)15-10-8-14(2)9-11-15)20(25)23(3)13-18-21-19(22-28-18)17-7-6-12-29-17/h6-12,16H,5,13H2,1-4H3/t16-/m0/s1. The van der Waals surface area contributed by atoms with E-state index < -0.39 is 16.1 Å². The van der Waals surface area contributed by atoms with E-state index >= 15 is 0 Å². The second-order valence-electron chi connectivity index (χ2n) is 7.00. The second kappa shape index (κ2) is 8.97. The number of sulfonamides is 1. The molecule has 0 bridgehead atoms. The van der Waals surface area contributed by atoms with Crippen LogP contribution in [0, 0.1) is 6.92 Å². The van der Waals surface area contributed by atoms with Crippen LogP contribution in [0.25, 0.3) is 10.7 Å². The molecule has 160 valence electrons. The third-order valence-electron chi connectivity index (χ3n) is 4.56. The summed E-state index contributed by atoms with van der Waals surface area (Å²) >= 11 is 1.49. The SMILES string of the molecule is CC[C@@H](C(=O)N(C)Cc1nc(-c2cccs2)no1)N(c1ccc(C)cc1)S(C)(=O)=O. The van der Waals surface area contributed by atoms with Crippen LogP contribution in [-0.4, -0.2) is 48.7 Å². The van der Waals surface area contributed by atoms with E-state index in [1.165, 1.54) is 20.5 Å². The number of aromatic nitrogens is 2. The fourth-order valence-corrected chi connectivity index (χ4v) is 4.95. The predicted octanol–water partition coefficient (Wildman–Crippen LogP) is 3.31. The number of hydrogen-bond donors (Lipinski definition) is 0. The van der Waals surface area contributed by atoms with Crippen molar-refractivity contribution in [1.82, 2.24) is 15.0 Å². The van der Waals surface area contributed by atoms with Gasteiger partial charge in [0.1, 0.15) is 6.04 Å². The van der Waals surface area contributed by atoms with Crippen LogP contribution in [-0.2, 0) is 21.4 Å². The third-order valence-corrected chi connectivity index (χ3v) is 6.60. The number of hydrogen-bond acceptors (Lipinski definition) is 7. The van der Waals surface area contributed by atoms with Gasteiger partial charge in [-0.05, 0) is 36.9 Å². The van der Waals surface area contributed by atoms with E-state index in [0.29, 0.717) is 17.9 Å². The number of amides is 1. The minimum Gasteiger partial charge on any atom is -0.337 e. The molecule has 8 nitrogen and oxygen atoms in total. The molecule has 1 amide bonds. The average Bonchev–Trinajstić information content (AvgIpc) is 3.37. The Morgan fingerprint density at radius 1 is 1.23 bits per heavy atom. The maximum atomic E-state index is 13.2. The van der Waals surface area contributed by atoms with Gasteiger partial charge in [-0.2, -0.15) is 4.98 Å². The van der Waals surface area contributed by atoms with Gasteiger partial charge in [-0.25, -0.2) is 8.42 Å². The van der Waals surface area contributed by atoms with Crippen molar-refractivity contribution in [1.29, 1.82) is 0 Å². The molecular weight excluding hydrogens is 424 g/mol. The fraction of sp³-hybridized carbons (Fsp3) is 0.350. The zero-order chi connectivity index (χ0) is 21.9. The van der Waals surface area contributed by atoms with E-state index in [9.17, 15) is 13.2 Å². The fourth-order valence-electron chi connectivity index (χ4n) is 3.10. The molecule has 0 radical (unpaired) electrons. The van der Waals surface area contributed by atoms with Gasteiger partial charge in [-0.15, -0.1) is 11.3 Å². The van der Waals surface area contributed by atoms with Crippen LogP contribution < -0.4 is 4.31 Å². The topological polar surface area (TPSA) is 96.6 Å². The van der Waals surface area contributed by atoms with Crippen LogP contribution in [0.5, 0.6) is 0 Å². The lowest BCUT2D eigenvalue weighted by atomic mass is 10.1. The molecule has 30 heavy (non-hydrogen) atoms. The lowest BCUT2D eigenvalue weighted by molar-refractivity contribution is -0.132. The summed E-state index contributed by atoms with van der Waals surface area (Å²) in [7, 11) is -2.09. The summed E-state index contributed by atoms with van der Waals surface area (Å²) in [5, 5.41) is 5.86. The zero-order valence-electron chi connectivity index (χ0n) is 17.3. The van der Waals surface area contributed by atoms with Crippen LogP contribution in [0.15, 0.2) is 46.3 Å². The van der Waals surface area contributed by atoms with Crippen LogP contribution in [0.3, 0.4) is 0 Å². The molecule has 0 unspecified atom stereocenters. The van der Waals surface area contributed by atoms with Crippen molar-refractivity contribution in [2.75, 3.05) is 17.6 Å². The molecule has 0 fully saturated rings. The van der Waals surface area contributed by atoms with Crippen molar-refractivity contribution in [3.63, 3.8) is 0 Å².